The molecule has 5 heterocycles. The van der Waals surface area contributed by atoms with Crippen LogP contribution in [0.5, 0.6) is 23.0 Å². The Morgan fingerprint density at radius 1 is 0.398 bits per heavy atom. The first kappa shape index (κ1) is 89.9. The predicted molar refractivity (Wildman–Crippen MR) is 466 cm³/mol. The number of hydrogen-bond acceptors (Lipinski definition) is 15. The van der Waals surface area contributed by atoms with Crippen molar-refractivity contribution in [3.8, 4) is 23.0 Å². The van der Waals surface area contributed by atoms with Crippen LogP contribution in [-0.2, 0) is 95.2 Å². The van der Waals surface area contributed by atoms with E-state index in [1.54, 1.807) is 54.6 Å². The highest BCUT2D eigenvalue weighted by atomic mass is 16.3. The number of nitrogens with two attached hydrogens (primary N) is 1. The molecule has 15 rings (SSSR count). The number of carbonyl (C=O) groups excluding carboxylic acids is 6. The van der Waals surface area contributed by atoms with Gasteiger partial charge >= 0.3 is 0 Å². The van der Waals surface area contributed by atoms with Crippen LogP contribution in [0.1, 0.15) is 248 Å². The minimum atomic E-state index is -0.590. The number of rotatable bonds is 24. The third-order valence-electron chi connectivity index (χ3n) is 26.5. The van der Waals surface area contributed by atoms with E-state index in [9.17, 15) is 49.2 Å². The Morgan fingerprint density at radius 3 is 1.16 bits per heavy atom. The van der Waals surface area contributed by atoms with Gasteiger partial charge in [-0.25, -0.2) is 0 Å². The molecule has 6 aromatic rings. The van der Waals surface area contributed by atoms with E-state index in [1.807, 2.05) is 61.5 Å². The van der Waals surface area contributed by atoms with Crippen LogP contribution >= 0.6 is 0 Å². The number of benzene rings is 6. The summed E-state index contributed by atoms with van der Waals surface area (Å²) in [6.07, 6.45) is 29.9. The summed E-state index contributed by atoms with van der Waals surface area (Å²) >= 11 is 0. The molecule has 21 heteroatoms. The fourth-order valence-corrected chi connectivity index (χ4v) is 18.5. The molecule has 9 aliphatic rings. The summed E-state index contributed by atoms with van der Waals surface area (Å²) in [6.45, 7) is 19.7. The van der Waals surface area contributed by atoms with Gasteiger partial charge in [-0.3, -0.25) is 34.1 Å². The van der Waals surface area contributed by atoms with E-state index in [4.69, 9.17) is 5.73 Å². The Labute approximate surface area is 701 Å². The van der Waals surface area contributed by atoms with Crippen LogP contribution in [0.25, 0.3) is 0 Å². The molecule has 5 aliphatic heterocycles. The number of phenols is 4. The zero-order valence-corrected chi connectivity index (χ0v) is 71.3. The maximum Gasteiger partial charge on any atom is 0.248 e. The molecule has 4 aliphatic carbocycles. The molecule has 640 valence electrons. The van der Waals surface area contributed by atoms with Crippen molar-refractivity contribution in [1.82, 2.24) is 53.2 Å². The summed E-state index contributed by atoms with van der Waals surface area (Å²) in [5, 5.41) is 70.7. The molecule has 8 atom stereocenters. The second-order valence-corrected chi connectivity index (χ2v) is 36.5. The predicted octanol–water partition coefficient (Wildman–Crippen LogP) is 13.0. The number of amides is 6. The summed E-state index contributed by atoms with van der Waals surface area (Å²) in [7, 11) is 0. The second kappa shape index (κ2) is 43.9. The maximum atomic E-state index is 13.1. The Kier molecular flexibility index (Phi) is 33.5. The molecule has 0 unspecified atom stereocenters. The third kappa shape index (κ3) is 26.6. The first-order chi connectivity index (χ1) is 56.8. The standard InChI is InChI=1S/C21H31N3O2.C21H32N2O2.C19H28N2O2.C18H26N2O2.C18H20N2O2/c1-13(2)18(9-14-5-3-4-6-14)24-21(26)19-11-15-7-8-16(20(22)25)10-17(15)12-23-19;1-14(2)19(10-15-6-4-5-7-15)23-20(25)21(3)12-16-8-9-18(24)11-17(16)13-22-21;1-12(2)17(8-13-4-3-5-13)21-19(23)18-10-14-6-7-16(22)9-15(14)11-20-18;2*21-16-7-6-14-11-17(20-12-15(14)10-16)18(22)19-9-8-13-4-2-1-3-5-13/h7-8,10,13-14,18-19,23H,3-6,9,11-12H2,1-2H3,(H2,22,25)(H,24,26);8-9,11,14-15,19,22,24H,4-7,10,12-13H2,1-3H3,(H,23,25);6-7,9,12-13,17-18,20,22H,3-5,8,10-11H2,1-2H3,(H,21,23);6-7,10,13,17,20-21H,1-5,8-9,11-12H2,(H,19,22);1-7,10,17,20-21H,8-9,11-12H2,(H,19,22)/t18-,19-;19-,21-;17-,18-;2*17-/m11111/s1. The zero-order valence-electron chi connectivity index (χ0n) is 71.3. The molecular weight excluding hydrogens is 1480 g/mol. The molecule has 0 aromatic heterocycles. The average Bonchev–Trinajstić information content (AvgIpc) is 0.859. The number of phenolic OH excluding ortho intramolecular Hbond substituents is 4. The van der Waals surface area contributed by atoms with Gasteiger partial charge in [-0.05, 0) is 234 Å². The van der Waals surface area contributed by atoms with Crippen molar-refractivity contribution >= 4 is 35.4 Å². The summed E-state index contributed by atoms with van der Waals surface area (Å²) < 4.78 is 0. The zero-order chi connectivity index (χ0) is 83.8. The Hall–Kier alpha value is -8.86. The largest absolute Gasteiger partial charge is 0.508 e. The number of aromatic hydroxyl groups is 4. The second-order valence-electron chi connectivity index (χ2n) is 36.5. The smallest absolute Gasteiger partial charge is 0.248 e. The molecule has 0 radical (unpaired) electrons. The molecule has 16 N–H and O–H groups in total. The fourth-order valence-electron chi connectivity index (χ4n) is 18.5. The van der Waals surface area contributed by atoms with Crippen LogP contribution in [-0.4, -0.2) is 117 Å². The van der Waals surface area contributed by atoms with Crippen molar-refractivity contribution in [2.75, 3.05) is 13.1 Å². The van der Waals surface area contributed by atoms with Crippen molar-refractivity contribution in [3.05, 3.63) is 188 Å². The number of primary amides is 1. The number of nitrogens with one attached hydrogen (secondary N) is 10. The van der Waals surface area contributed by atoms with E-state index in [1.165, 1.54) is 108 Å². The van der Waals surface area contributed by atoms with E-state index in [0.717, 1.165) is 118 Å². The average molecular weight is 1620 g/mol. The van der Waals surface area contributed by atoms with Gasteiger partial charge in [0.1, 0.15) is 23.0 Å². The lowest BCUT2D eigenvalue weighted by atomic mass is 9.79. The lowest BCUT2D eigenvalue weighted by molar-refractivity contribution is -0.128. The SMILES string of the molecule is CC(C)[C@@H](CC1CCC1)NC(=O)[C@H]1Cc2ccc(O)cc2CN1.CC(C)[C@@H](CC1CCCC1)NC(=O)[C@@]1(C)Cc2ccc(O)cc2CN1.CC(C)[C@@H](CC1CCCC1)NC(=O)[C@H]1Cc2ccc(C(N)=O)cc2CN1.O=C(NCCC1CCCCC1)[C@H]1Cc2ccc(O)cc2CN1.O=C(NCCc1ccccc1)[C@H]1Cc2ccc(O)cc2CN1. The van der Waals surface area contributed by atoms with E-state index in [0.29, 0.717) is 94.7 Å². The van der Waals surface area contributed by atoms with Crippen molar-refractivity contribution in [3.63, 3.8) is 0 Å². The summed E-state index contributed by atoms with van der Waals surface area (Å²) in [5.74, 6) is 5.63. The summed E-state index contributed by atoms with van der Waals surface area (Å²) in [4.78, 5) is 74.4. The van der Waals surface area contributed by atoms with Crippen LogP contribution in [0.4, 0.5) is 0 Å². The molecule has 0 bridgehead atoms. The highest BCUT2D eigenvalue weighted by Crippen LogP contribution is 2.36. The van der Waals surface area contributed by atoms with E-state index in [2.05, 4.69) is 107 Å². The van der Waals surface area contributed by atoms with Gasteiger partial charge in [0.2, 0.25) is 35.4 Å². The van der Waals surface area contributed by atoms with Crippen LogP contribution in [0.15, 0.2) is 121 Å². The first-order valence-corrected chi connectivity index (χ1v) is 44.6. The molecule has 6 aromatic carbocycles. The van der Waals surface area contributed by atoms with Crippen LogP contribution in [0.3, 0.4) is 0 Å². The van der Waals surface area contributed by atoms with Crippen LogP contribution < -0.4 is 58.9 Å². The minimum absolute atomic E-state index is 0.0367. The molecule has 0 saturated heterocycles. The molecule has 21 nitrogen and oxygen atoms in total. The lowest BCUT2D eigenvalue weighted by Crippen LogP contribution is -2.60. The van der Waals surface area contributed by atoms with Crippen molar-refractivity contribution in [2.24, 2.45) is 47.2 Å². The van der Waals surface area contributed by atoms with Gasteiger partial charge in [-0.2, -0.15) is 0 Å². The highest BCUT2D eigenvalue weighted by molar-refractivity contribution is 5.93. The van der Waals surface area contributed by atoms with Crippen molar-refractivity contribution < 1.29 is 49.2 Å². The number of carbonyl (C=O) groups is 6. The lowest BCUT2D eigenvalue weighted by Gasteiger charge is -2.37. The normalized spacial score (nSPS) is 21.6. The molecule has 4 saturated carbocycles. The van der Waals surface area contributed by atoms with Gasteiger partial charge in [0.25, 0.3) is 0 Å². The molecule has 4 fully saturated rings. The topological polar surface area (TPSA) is 330 Å². The van der Waals surface area contributed by atoms with Gasteiger partial charge in [-0.15, -0.1) is 0 Å². The van der Waals surface area contributed by atoms with Gasteiger partial charge < -0.3 is 74.0 Å². The molecular formula is C97H137N11O10. The van der Waals surface area contributed by atoms with Gasteiger partial charge in [-0.1, -0.05) is 205 Å². The van der Waals surface area contributed by atoms with Crippen LogP contribution in [0.2, 0.25) is 0 Å². The molecule has 118 heavy (non-hydrogen) atoms. The first-order valence-electron chi connectivity index (χ1n) is 44.6. The quantitative estimate of drug-likeness (QED) is 0.0268. The highest BCUT2D eigenvalue weighted by Gasteiger charge is 2.39. The molecule has 6 amide bonds. The van der Waals surface area contributed by atoms with E-state index in [-0.39, 0.29) is 94.8 Å². The van der Waals surface area contributed by atoms with Gasteiger partial charge in [0.15, 0.2) is 0 Å². The fraction of sp³-hybridized carbons (Fsp3) is 0.567. The third-order valence-corrected chi connectivity index (χ3v) is 26.5. The Balaban J connectivity index is 0.000000145. The van der Waals surface area contributed by atoms with Gasteiger partial charge in [0, 0.05) is 69.5 Å². The van der Waals surface area contributed by atoms with Crippen molar-refractivity contribution in [1.29, 1.82) is 0 Å². The maximum absolute atomic E-state index is 13.1. The Morgan fingerprint density at radius 2 is 0.754 bits per heavy atom. The number of hydrogen-bond donors (Lipinski definition) is 15. The van der Waals surface area contributed by atoms with E-state index < -0.39 is 11.4 Å². The summed E-state index contributed by atoms with van der Waals surface area (Å²) in [5.41, 5.74) is 17.6. The van der Waals surface area contributed by atoms with Crippen LogP contribution in [0, 0.1) is 41.4 Å². The molecule has 0 spiro atoms. The van der Waals surface area contributed by atoms with Crippen molar-refractivity contribution in [2.45, 2.75) is 296 Å². The van der Waals surface area contributed by atoms with E-state index >= 15 is 0 Å². The number of fused-ring (bicyclic) bond motifs is 5. The monoisotopic (exact) mass is 1620 g/mol. The Bertz CT molecular complexity index is 4280. The summed E-state index contributed by atoms with van der Waals surface area (Å²) in [6, 6.07) is 37.2. The minimum Gasteiger partial charge on any atom is -0.508 e. The van der Waals surface area contributed by atoms with Gasteiger partial charge in [0.05, 0.1) is 29.7 Å².